The average molecular weight is 403 g/mol. The van der Waals surface area contributed by atoms with Crippen LogP contribution in [0.5, 0.6) is 17.2 Å². The summed E-state index contributed by atoms with van der Waals surface area (Å²) in [5.41, 5.74) is 8.66. The summed E-state index contributed by atoms with van der Waals surface area (Å²) in [4.78, 5) is 24.9. The first-order valence-corrected chi connectivity index (χ1v) is 9.81. The lowest BCUT2D eigenvalue weighted by atomic mass is 10.00. The summed E-state index contributed by atoms with van der Waals surface area (Å²) in [5, 5.41) is 0. The number of para-hydroxylation sites is 1. The van der Waals surface area contributed by atoms with E-state index in [2.05, 4.69) is 0 Å². The number of methoxy groups -OCH3 is 1. The minimum Gasteiger partial charge on any atom is -0.497 e. The van der Waals surface area contributed by atoms with Crippen molar-refractivity contribution in [2.75, 3.05) is 12.8 Å². The highest BCUT2D eigenvalue weighted by Crippen LogP contribution is 2.31. The van der Waals surface area contributed by atoms with E-state index in [0.717, 1.165) is 11.3 Å². The molecule has 0 saturated heterocycles. The smallest absolute Gasteiger partial charge is 0.165 e. The predicted octanol–water partition coefficient (Wildman–Crippen LogP) is 5.61. The number of rotatable bonds is 9. The van der Waals surface area contributed by atoms with Crippen LogP contribution in [-0.4, -0.2) is 18.7 Å². The molecular formula is C25H25NO4. The quantitative estimate of drug-likeness (QED) is 0.371. The molecular weight excluding hydrogens is 378 g/mol. The number of hydrogen-bond donors (Lipinski definition) is 1. The van der Waals surface area contributed by atoms with Crippen LogP contribution in [0.3, 0.4) is 0 Å². The molecule has 0 amide bonds. The number of carbonyl (C=O) groups is 2. The minimum absolute atomic E-state index is 0.0346. The molecule has 0 atom stereocenters. The van der Waals surface area contributed by atoms with E-state index in [1.165, 1.54) is 0 Å². The van der Waals surface area contributed by atoms with Crippen molar-refractivity contribution >= 4 is 17.3 Å². The van der Waals surface area contributed by atoms with E-state index in [0.29, 0.717) is 41.2 Å². The summed E-state index contributed by atoms with van der Waals surface area (Å²) < 4.78 is 11.0. The molecule has 0 spiro atoms. The van der Waals surface area contributed by atoms with Gasteiger partial charge >= 0.3 is 0 Å². The Balaban J connectivity index is 1.61. The number of carbonyl (C=O) groups excluding carboxylic acids is 2. The van der Waals surface area contributed by atoms with Crippen LogP contribution in [0.2, 0.25) is 0 Å². The fourth-order valence-electron chi connectivity index (χ4n) is 3.07. The maximum Gasteiger partial charge on any atom is 0.165 e. The van der Waals surface area contributed by atoms with Crippen LogP contribution >= 0.6 is 0 Å². The topological polar surface area (TPSA) is 78.6 Å². The summed E-state index contributed by atoms with van der Waals surface area (Å²) in [6.07, 6.45) is 1.03. The monoisotopic (exact) mass is 403 g/mol. The number of benzene rings is 3. The van der Waals surface area contributed by atoms with Crippen LogP contribution in [0.25, 0.3) is 0 Å². The molecule has 0 bridgehead atoms. The van der Waals surface area contributed by atoms with E-state index in [4.69, 9.17) is 15.2 Å². The molecule has 0 unspecified atom stereocenters. The van der Waals surface area contributed by atoms with Crippen molar-refractivity contribution in [3.05, 3.63) is 83.4 Å². The fourth-order valence-corrected chi connectivity index (χ4v) is 3.07. The predicted molar refractivity (Wildman–Crippen MR) is 118 cm³/mol. The third-order valence-corrected chi connectivity index (χ3v) is 4.83. The Morgan fingerprint density at radius 2 is 1.47 bits per heavy atom. The van der Waals surface area contributed by atoms with Gasteiger partial charge in [0.05, 0.1) is 12.8 Å². The summed E-state index contributed by atoms with van der Waals surface area (Å²) >= 11 is 0. The van der Waals surface area contributed by atoms with Crippen molar-refractivity contribution in [1.82, 2.24) is 0 Å². The number of nitrogens with two attached hydrogens (primary N) is 1. The Morgan fingerprint density at radius 1 is 0.833 bits per heavy atom. The molecule has 3 aromatic carbocycles. The van der Waals surface area contributed by atoms with Gasteiger partial charge in [-0.15, -0.1) is 0 Å². The Hall–Kier alpha value is -3.60. The van der Waals surface area contributed by atoms with Crippen molar-refractivity contribution in [2.45, 2.75) is 26.2 Å². The van der Waals surface area contributed by atoms with Crippen molar-refractivity contribution in [3.63, 3.8) is 0 Å². The van der Waals surface area contributed by atoms with Crippen LogP contribution in [0.4, 0.5) is 5.69 Å². The van der Waals surface area contributed by atoms with Crippen LogP contribution in [0, 0.1) is 6.92 Å². The van der Waals surface area contributed by atoms with Crippen molar-refractivity contribution in [3.8, 4) is 17.2 Å². The first-order valence-electron chi connectivity index (χ1n) is 9.81. The highest BCUT2D eigenvalue weighted by atomic mass is 16.5. The Morgan fingerprint density at radius 3 is 2.13 bits per heavy atom. The zero-order chi connectivity index (χ0) is 21.5. The van der Waals surface area contributed by atoms with Gasteiger partial charge in [-0.05, 0) is 49.7 Å². The summed E-state index contributed by atoms with van der Waals surface area (Å²) in [5.74, 6) is 1.66. The first kappa shape index (κ1) is 21.1. The third-order valence-electron chi connectivity index (χ3n) is 4.83. The number of nitrogen functional groups attached to an aromatic ring is 1. The fraction of sp³-hybridized carbons (Fsp3) is 0.200. The van der Waals surface area contributed by atoms with E-state index >= 15 is 0 Å². The highest BCUT2D eigenvalue weighted by Gasteiger charge is 2.15. The lowest BCUT2D eigenvalue weighted by Crippen LogP contribution is -2.06. The van der Waals surface area contributed by atoms with Gasteiger partial charge in [0.15, 0.2) is 17.3 Å². The van der Waals surface area contributed by atoms with Gasteiger partial charge in [-0.3, -0.25) is 9.59 Å². The van der Waals surface area contributed by atoms with Crippen LogP contribution in [0.15, 0.2) is 66.7 Å². The maximum absolute atomic E-state index is 12.7. The molecule has 5 heteroatoms. The normalized spacial score (nSPS) is 10.5. The van der Waals surface area contributed by atoms with Crippen molar-refractivity contribution in [2.24, 2.45) is 0 Å². The van der Waals surface area contributed by atoms with Gasteiger partial charge in [0, 0.05) is 24.0 Å². The lowest BCUT2D eigenvalue weighted by molar-refractivity contribution is 0.0957. The van der Waals surface area contributed by atoms with Gasteiger partial charge in [-0.1, -0.05) is 35.9 Å². The van der Waals surface area contributed by atoms with E-state index in [1.807, 2.05) is 31.2 Å². The molecule has 0 heterocycles. The molecule has 0 aromatic heterocycles. The van der Waals surface area contributed by atoms with Crippen molar-refractivity contribution in [1.29, 1.82) is 0 Å². The molecule has 5 nitrogen and oxygen atoms in total. The maximum atomic E-state index is 12.7. The SMILES string of the molecule is COc1ccc(Oc2cccc(C(=O)CCCC(=O)c3ccc(C)cc3)c2N)cc1. The van der Waals surface area contributed by atoms with Crippen LogP contribution < -0.4 is 15.2 Å². The Labute approximate surface area is 176 Å². The lowest BCUT2D eigenvalue weighted by Gasteiger charge is -2.12. The van der Waals surface area contributed by atoms with Crippen LogP contribution in [-0.2, 0) is 0 Å². The molecule has 30 heavy (non-hydrogen) atoms. The molecule has 0 aliphatic rings. The van der Waals surface area contributed by atoms with E-state index < -0.39 is 0 Å². The zero-order valence-corrected chi connectivity index (χ0v) is 17.2. The van der Waals surface area contributed by atoms with Gasteiger partial charge in [0.25, 0.3) is 0 Å². The van der Waals surface area contributed by atoms with Gasteiger partial charge in [0.2, 0.25) is 0 Å². The summed E-state index contributed by atoms with van der Waals surface area (Å²) in [6, 6.07) is 19.7. The van der Waals surface area contributed by atoms with E-state index in [-0.39, 0.29) is 18.0 Å². The second-order valence-corrected chi connectivity index (χ2v) is 7.06. The second-order valence-electron chi connectivity index (χ2n) is 7.06. The zero-order valence-electron chi connectivity index (χ0n) is 17.2. The van der Waals surface area contributed by atoms with E-state index in [9.17, 15) is 9.59 Å². The molecule has 2 N–H and O–H groups in total. The van der Waals surface area contributed by atoms with Gasteiger partial charge in [-0.25, -0.2) is 0 Å². The molecule has 3 aromatic rings. The molecule has 0 fully saturated rings. The minimum atomic E-state index is -0.107. The number of ether oxygens (including phenoxy) is 2. The van der Waals surface area contributed by atoms with Crippen molar-refractivity contribution < 1.29 is 19.1 Å². The summed E-state index contributed by atoms with van der Waals surface area (Å²) in [7, 11) is 1.59. The van der Waals surface area contributed by atoms with E-state index in [1.54, 1.807) is 49.6 Å². The molecule has 0 saturated carbocycles. The van der Waals surface area contributed by atoms with Gasteiger partial charge < -0.3 is 15.2 Å². The molecule has 3 rings (SSSR count). The summed E-state index contributed by atoms with van der Waals surface area (Å²) in [6.45, 7) is 1.98. The third kappa shape index (κ3) is 5.26. The molecule has 154 valence electrons. The van der Waals surface area contributed by atoms with Gasteiger partial charge in [-0.2, -0.15) is 0 Å². The number of ketones is 2. The number of hydrogen-bond acceptors (Lipinski definition) is 5. The Kier molecular flexibility index (Phi) is 6.86. The number of Topliss-reactive ketones (excluding diaryl/α,β-unsaturated/α-hetero) is 2. The molecule has 0 aliphatic heterocycles. The Bertz CT molecular complexity index is 1020. The molecule has 0 aliphatic carbocycles. The number of anilines is 1. The first-order chi connectivity index (χ1) is 14.5. The van der Waals surface area contributed by atoms with Crippen LogP contribution in [0.1, 0.15) is 45.5 Å². The average Bonchev–Trinajstić information content (AvgIpc) is 2.76. The number of aryl methyl sites for hydroxylation is 1. The largest absolute Gasteiger partial charge is 0.497 e. The second kappa shape index (κ2) is 9.74. The molecule has 0 radical (unpaired) electrons. The van der Waals surface area contributed by atoms with Gasteiger partial charge in [0.1, 0.15) is 11.5 Å². The standard InChI is InChI=1S/C25H25NO4/c1-17-9-11-18(12-10-17)22(27)6-4-7-23(28)21-5-3-8-24(25(21)26)30-20-15-13-19(29-2)14-16-20/h3,5,8-16H,4,6-7,26H2,1-2H3. The highest BCUT2D eigenvalue weighted by molar-refractivity contribution is 6.02.